The Morgan fingerprint density at radius 2 is 1.56 bits per heavy atom. The van der Waals surface area contributed by atoms with Gasteiger partial charge in [0.1, 0.15) is 0 Å². The number of likely N-dealkylation sites (tertiary alicyclic amines) is 1. The Hall–Kier alpha value is -0.0400. The molecule has 0 bridgehead atoms. The minimum atomic E-state index is 0.905. The smallest absolute Gasteiger partial charge is 0.00951 e. The molecule has 1 heteroatoms. The van der Waals surface area contributed by atoms with E-state index in [9.17, 15) is 0 Å². The zero-order chi connectivity index (χ0) is 11.6. The molecule has 1 atom stereocenters. The lowest BCUT2D eigenvalue weighted by atomic mass is 9.99. The standard InChI is InChI=1S/C15H31N/c1-3-5-6-8-12-15(11-4-2)16-13-9-7-10-14-16/h15H,3-14H2,1-2H3. The van der Waals surface area contributed by atoms with E-state index in [1.54, 1.807) is 0 Å². The molecule has 0 aliphatic carbocycles. The van der Waals surface area contributed by atoms with Crippen LogP contribution in [0.1, 0.15) is 78.1 Å². The maximum atomic E-state index is 2.78. The number of rotatable bonds is 8. The molecule has 0 N–H and O–H groups in total. The van der Waals surface area contributed by atoms with Gasteiger partial charge in [0.05, 0.1) is 0 Å². The quantitative estimate of drug-likeness (QED) is 0.545. The SMILES string of the molecule is CCCCCCC(CCC)N1CCCCC1. The van der Waals surface area contributed by atoms with Crippen LogP contribution in [0.15, 0.2) is 0 Å². The van der Waals surface area contributed by atoms with E-state index in [1.165, 1.54) is 77.3 Å². The maximum absolute atomic E-state index is 2.78. The first kappa shape index (κ1) is 14.0. The minimum absolute atomic E-state index is 0.905. The number of hydrogen-bond acceptors (Lipinski definition) is 1. The molecule has 96 valence electrons. The van der Waals surface area contributed by atoms with E-state index in [-0.39, 0.29) is 0 Å². The van der Waals surface area contributed by atoms with Crippen molar-refractivity contribution in [1.29, 1.82) is 0 Å². The summed E-state index contributed by atoms with van der Waals surface area (Å²) < 4.78 is 0. The number of nitrogens with zero attached hydrogens (tertiary/aromatic N) is 1. The third-order valence-corrected chi connectivity index (χ3v) is 3.92. The fourth-order valence-electron chi connectivity index (χ4n) is 2.93. The number of piperidine rings is 1. The van der Waals surface area contributed by atoms with E-state index in [4.69, 9.17) is 0 Å². The fourth-order valence-corrected chi connectivity index (χ4v) is 2.93. The Balaban J connectivity index is 2.22. The third kappa shape index (κ3) is 5.34. The second-order valence-corrected chi connectivity index (χ2v) is 5.39. The molecule has 0 aromatic heterocycles. The van der Waals surface area contributed by atoms with Crippen LogP contribution in [-0.4, -0.2) is 24.0 Å². The number of hydrogen-bond donors (Lipinski definition) is 0. The Morgan fingerprint density at radius 3 is 2.19 bits per heavy atom. The molecule has 1 unspecified atom stereocenters. The summed E-state index contributed by atoms with van der Waals surface area (Å²) in [6.07, 6.45) is 14.3. The maximum Gasteiger partial charge on any atom is 0.00951 e. The molecule has 16 heavy (non-hydrogen) atoms. The van der Waals surface area contributed by atoms with Crippen molar-refractivity contribution in [2.24, 2.45) is 0 Å². The van der Waals surface area contributed by atoms with Crippen LogP contribution in [0.4, 0.5) is 0 Å². The van der Waals surface area contributed by atoms with Gasteiger partial charge in [0.25, 0.3) is 0 Å². The highest BCUT2D eigenvalue weighted by Crippen LogP contribution is 2.20. The second-order valence-electron chi connectivity index (χ2n) is 5.39. The minimum Gasteiger partial charge on any atom is -0.300 e. The first-order valence-electron chi connectivity index (χ1n) is 7.62. The van der Waals surface area contributed by atoms with E-state index in [0.717, 1.165) is 6.04 Å². The average Bonchev–Trinajstić information content (AvgIpc) is 2.34. The summed E-state index contributed by atoms with van der Waals surface area (Å²) in [5, 5.41) is 0. The van der Waals surface area contributed by atoms with Gasteiger partial charge in [-0.25, -0.2) is 0 Å². The van der Waals surface area contributed by atoms with Crippen LogP contribution >= 0.6 is 0 Å². The fraction of sp³-hybridized carbons (Fsp3) is 1.00. The lowest BCUT2D eigenvalue weighted by Gasteiger charge is -2.34. The zero-order valence-corrected chi connectivity index (χ0v) is 11.5. The van der Waals surface area contributed by atoms with Crippen LogP contribution in [0, 0.1) is 0 Å². The molecule has 1 nitrogen and oxygen atoms in total. The summed E-state index contributed by atoms with van der Waals surface area (Å²) in [5.74, 6) is 0. The van der Waals surface area contributed by atoms with Gasteiger partial charge in [-0.05, 0) is 38.8 Å². The van der Waals surface area contributed by atoms with Gasteiger partial charge in [0, 0.05) is 6.04 Å². The van der Waals surface area contributed by atoms with Crippen molar-refractivity contribution in [3.05, 3.63) is 0 Å². The largest absolute Gasteiger partial charge is 0.300 e. The van der Waals surface area contributed by atoms with E-state index in [1.807, 2.05) is 0 Å². The number of unbranched alkanes of at least 4 members (excludes halogenated alkanes) is 3. The molecule has 1 rings (SSSR count). The van der Waals surface area contributed by atoms with Crippen molar-refractivity contribution in [2.75, 3.05) is 13.1 Å². The van der Waals surface area contributed by atoms with Gasteiger partial charge in [-0.3, -0.25) is 0 Å². The first-order valence-corrected chi connectivity index (χ1v) is 7.62. The molecule has 1 heterocycles. The van der Waals surface area contributed by atoms with Gasteiger partial charge in [-0.1, -0.05) is 52.4 Å². The van der Waals surface area contributed by atoms with Gasteiger partial charge in [-0.2, -0.15) is 0 Å². The monoisotopic (exact) mass is 225 g/mol. The van der Waals surface area contributed by atoms with Crippen LogP contribution in [0.5, 0.6) is 0 Å². The molecular formula is C15H31N. The first-order chi connectivity index (χ1) is 7.88. The lowest BCUT2D eigenvalue weighted by Crippen LogP contribution is -2.39. The highest BCUT2D eigenvalue weighted by Gasteiger charge is 2.19. The predicted octanol–water partition coefficient (Wildman–Crippen LogP) is 4.61. The van der Waals surface area contributed by atoms with Crippen LogP contribution < -0.4 is 0 Å². The second kappa shape index (κ2) is 9.04. The summed E-state index contributed by atoms with van der Waals surface area (Å²) >= 11 is 0. The van der Waals surface area contributed by atoms with Crippen molar-refractivity contribution in [3.63, 3.8) is 0 Å². The van der Waals surface area contributed by atoms with Gasteiger partial charge < -0.3 is 4.90 Å². The Labute approximate surface area is 103 Å². The molecule has 0 radical (unpaired) electrons. The summed E-state index contributed by atoms with van der Waals surface area (Å²) in [7, 11) is 0. The summed E-state index contributed by atoms with van der Waals surface area (Å²) in [5.41, 5.74) is 0. The normalized spacial score (nSPS) is 19.9. The Bertz CT molecular complexity index is 150. The Morgan fingerprint density at radius 1 is 0.812 bits per heavy atom. The molecule has 0 saturated carbocycles. The van der Waals surface area contributed by atoms with E-state index >= 15 is 0 Å². The lowest BCUT2D eigenvalue weighted by molar-refractivity contribution is 0.144. The molecule has 1 aliphatic rings. The van der Waals surface area contributed by atoms with Gasteiger partial charge in [-0.15, -0.1) is 0 Å². The average molecular weight is 225 g/mol. The summed E-state index contributed by atoms with van der Waals surface area (Å²) in [6, 6.07) is 0.905. The summed E-state index contributed by atoms with van der Waals surface area (Å²) in [6.45, 7) is 7.38. The molecule has 0 aromatic carbocycles. The van der Waals surface area contributed by atoms with Crippen LogP contribution in [0.25, 0.3) is 0 Å². The van der Waals surface area contributed by atoms with Crippen molar-refractivity contribution in [2.45, 2.75) is 84.1 Å². The van der Waals surface area contributed by atoms with Crippen LogP contribution in [-0.2, 0) is 0 Å². The molecule has 1 fully saturated rings. The topological polar surface area (TPSA) is 3.24 Å². The van der Waals surface area contributed by atoms with Crippen molar-refractivity contribution < 1.29 is 0 Å². The van der Waals surface area contributed by atoms with Crippen molar-refractivity contribution in [1.82, 2.24) is 4.90 Å². The van der Waals surface area contributed by atoms with Crippen molar-refractivity contribution in [3.8, 4) is 0 Å². The van der Waals surface area contributed by atoms with E-state index in [0.29, 0.717) is 0 Å². The predicted molar refractivity (Wildman–Crippen MR) is 72.9 cm³/mol. The molecule has 0 spiro atoms. The molecule has 1 aliphatic heterocycles. The van der Waals surface area contributed by atoms with Crippen LogP contribution in [0.3, 0.4) is 0 Å². The molecule has 0 aromatic rings. The van der Waals surface area contributed by atoms with Crippen molar-refractivity contribution >= 4 is 0 Å². The molecule has 0 amide bonds. The Kier molecular flexibility index (Phi) is 7.92. The van der Waals surface area contributed by atoms with Gasteiger partial charge in [0.15, 0.2) is 0 Å². The zero-order valence-electron chi connectivity index (χ0n) is 11.5. The van der Waals surface area contributed by atoms with Gasteiger partial charge in [0.2, 0.25) is 0 Å². The highest BCUT2D eigenvalue weighted by atomic mass is 15.2. The highest BCUT2D eigenvalue weighted by molar-refractivity contribution is 4.74. The van der Waals surface area contributed by atoms with E-state index in [2.05, 4.69) is 18.7 Å². The van der Waals surface area contributed by atoms with E-state index < -0.39 is 0 Å². The summed E-state index contributed by atoms with van der Waals surface area (Å²) in [4.78, 5) is 2.78. The third-order valence-electron chi connectivity index (χ3n) is 3.92. The molecule has 1 saturated heterocycles. The van der Waals surface area contributed by atoms with Crippen LogP contribution in [0.2, 0.25) is 0 Å². The van der Waals surface area contributed by atoms with Gasteiger partial charge >= 0.3 is 0 Å². The molecular weight excluding hydrogens is 194 g/mol.